The lowest BCUT2D eigenvalue weighted by molar-refractivity contribution is 0.103. The number of nitrogens with zero attached hydrogens (tertiary/aromatic N) is 1. The van der Waals surface area contributed by atoms with Crippen molar-refractivity contribution in [3.63, 3.8) is 0 Å². The fraction of sp³-hybridized carbons (Fsp3) is 0. The van der Waals surface area contributed by atoms with Crippen LogP contribution in [0.25, 0.3) is 0 Å². The first-order valence-corrected chi connectivity index (χ1v) is 6.84. The minimum atomic E-state index is -0.0674. The smallest absolute Gasteiger partial charge is 0.194 e. The number of aromatic nitrogens is 1. The van der Waals surface area contributed by atoms with Gasteiger partial charge in [0.05, 0.1) is 5.69 Å². The molecule has 1 aromatic heterocycles. The maximum absolute atomic E-state index is 12.3. The molecule has 0 saturated heterocycles. The molecule has 1 heterocycles. The molecule has 2 aromatic carbocycles. The summed E-state index contributed by atoms with van der Waals surface area (Å²) in [6.07, 6.45) is 3.19. The molecule has 0 aliphatic heterocycles. The number of hydrogen-bond donors (Lipinski definition) is 2. The molecule has 0 radical (unpaired) electrons. The summed E-state index contributed by atoms with van der Waals surface area (Å²) in [6, 6.07) is 17.6. The van der Waals surface area contributed by atoms with Crippen molar-refractivity contribution >= 4 is 17.2 Å². The Balaban J connectivity index is 1.79. The van der Waals surface area contributed by atoms with Crippen LogP contribution in [0.5, 0.6) is 5.75 Å². The van der Waals surface area contributed by atoms with Crippen LogP contribution in [0.4, 0.5) is 11.4 Å². The van der Waals surface area contributed by atoms with Crippen molar-refractivity contribution < 1.29 is 9.90 Å². The Kier molecular flexibility index (Phi) is 3.83. The number of phenols is 1. The van der Waals surface area contributed by atoms with E-state index >= 15 is 0 Å². The van der Waals surface area contributed by atoms with Gasteiger partial charge in [-0.05, 0) is 48.5 Å². The average molecular weight is 290 g/mol. The molecule has 2 N–H and O–H groups in total. The molecule has 0 aliphatic rings. The van der Waals surface area contributed by atoms with Crippen molar-refractivity contribution in [2.75, 3.05) is 5.32 Å². The summed E-state index contributed by atoms with van der Waals surface area (Å²) in [5, 5.41) is 12.8. The highest BCUT2D eigenvalue weighted by Gasteiger charge is 2.09. The maximum atomic E-state index is 12.3. The van der Waals surface area contributed by atoms with Crippen LogP contribution in [0.1, 0.15) is 15.9 Å². The lowest BCUT2D eigenvalue weighted by Gasteiger charge is -2.08. The van der Waals surface area contributed by atoms with Crippen LogP contribution in [0, 0.1) is 0 Å². The van der Waals surface area contributed by atoms with E-state index in [2.05, 4.69) is 10.3 Å². The van der Waals surface area contributed by atoms with E-state index in [1.165, 1.54) is 0 Å². The summed E-state index contributed by atoms with van der Waals surface area (Å²) in [4.78, 5) is 16.2. The molecule has 0 amide bonds. The quantitative estimate of drug-likeness (QED) is 0.567. The zero-order chi connectivity index (χ0) is 15.4. The van der Waals surface area contributed by atoms with Gasteiger partial charge in [-0.15, -0.1) is 0 Å². The van der Waals surface area contributed by atoms with Gasteiger partial charge in [-0.25, -0.2) is 0 Å². The SMILES string of the molecule is O=C(c1ccc(Nc2ccccc2O)cc1)c1cccnc1. The van der Waals surface area contributed by atoms with Crippen molar-refractivity contribution in [1.29, 1.82) is 0 Å². The van der Waals surface area contributed by atoms with Gasteiger partial charge in [-0.3, -0.25) is 9.78 Å². The third kappa shape index (κ3) is 2.96. The van der Waals surface area contributed by atoms with Crippen LogP contribution in [-0.4, -0.2) is 15.9 Å². The van der Waals surface area contributed by atoms with E-state index in [1.807, 2.05) is 6.07 Å². The van der Waals surface area contributed by atoms with Crippen molar-refractivity contribution in [2.24, 2.45) is 0 Å². The number of hydrogen-bond acceptors (Lipinski definition) is 4. The van der Waals surface area contributed by atoms with Gasteiger partial charge in [0, 0.05) is 29.2 Å². The lowest BCUT2D eigenvalue weighted by atomic mass is 10.0. The van der Waals surface area contributed by atoms with Gasteiger partial charge in [0.25, 0.3) is 0 Å². The Hall–Kier alpha value is -3.14. The van der Waals surface area contributed by atoms with Crippen molar-refractivity contribution in [3.8, 4) is 5.75 Å². The third-order valence-corrected chi connectivity index (χ3v) is 3.25. The van der Waals surface area contributed by atoms with E-state index in [0.29, 0.717) is 16.8 Å². The summed E-state index contributed by atoms with van der Waals surface area (Å²) in [6.45, 7) is 0. The lowest BCUT2D eigenvalue weighted by Crippen LogP contribution is -2.01. The van der Waals surface area contributed by atoms with Crippen molar-refractivity contribution in [2.45, 2.75) is 0 Å². The molecule has 0 aliphatic carbocycles. The summed E-state index contributed by atoms with van der Waals surface area (Å²) < 4.78 is 0. The van der Waals surface area contributed by atoms with Gasteiger partial charge >= 0.3 is 0 Å². The summed E-state index contributed by atoms with van der Waals surface area (Å²) in [7, 11) is 0. The largest absolute Gasteiger partial charge is 0.506 e. The first kappa shape index (κ1) is 13.8. The van der Waals surface area contributed by atoms with Gasteiger partial charge < -0.3 is 10.4 Å². The number of benzene rings is 2. The van der Waals surface area contributed by atoms with E-state index in [-0.39, 0.29) is 11.5 Å². The number of para-hydroxylation sites is 2. The monoisotopic (exact) mass is 290 g/mol. The number of anilines is 2. The molecule has 4 nitrogen and oxygen atoms in total. The van der Waals surface area contributed by atoms with Gasteiger partial charge in [-0.1, -0.05) is 12.1 Å². The number of nitrogens with one attached hydrogen (secondary N) is 1. The number of rotatable bonds is 4. The van der Waals surface area contributed by atoms with Gasteiger partial charge in [0.2, 0.25) is 0 Å². The Bertz CT molecular complexity index is 784. The first-order chi connectivity index (χ1) is 10.7. The zero-order valence-electron chi connectivity index (χ0n) is 11.7. The molecule has 0 bridgehead atoms. The minimum absolute atomic E-state index is 0.0674. The van der Waals surface area contributed by atoms with Crippen LogP contribution in [0.15, 0.2) is 73.1 Å². The molecule has 108 valence electrons. The predicted octanol–water partition coefficient (Wildman–Crippen LogP) is 3.76. The average Bonchev–Trinajstić information content (AvgIpc) is 2.58. The second kappa shape index (κ2) is 6.10. The molecule has 0 spiro atoms. The van der Waals surface area contributed by atoms with Crippen molar-refractivity contribution in [1.82, 2.24) is 4.98 Å². The molecule has 3 aromatic rings. The fourth-order valence-corrected chi connectivity index (χ4v) is 2.10. The van der Waals surface area contributed by atoms with Crippen LogP contribution in [-0.2, 0) is 0 Å². The summed E-state index contributed by atoms with van der Waals surface area (Å²) >= 11 is 0. The molecule has 22 heavy (non-hydrogen) atoms. The minimum Gasteiger partial charge on any atom is -0.506 e. The fourth-order valence-electron chi connectivity index (χ4n) is 2.10. The number of pyridine rings is 1. The molecule has 0 unspecified atom stereocenters. The molecule has 0 saturated carbocycles. The van der Waals surface area contributed by atoms with E-state index in [4.69, 9.17) is 0 Å². The molecule has 3 rings (SSSR count). The van der Waals surface area contributed by atoms with Crippen LogP contribution >= 0.6 is 0 Å². The Morgan fingerprint density at radius 3 is 2.36 bits per heavy atom. The second-order valence-electron chi connectivity index (χ2n) is 4.79. The summed E-state index contributed by atoms with van der Waals surface area (Å²) in [5.41, 5.74) is 2.57. The van der Waals surface area contributed by atoms with E-state index in [9.17, 15) is 9.90 Å². The van der Waals surface area contributed by atoms with Crippen LogP contribution < -0.4 is 5.32 Å². The molecule has 4 heteroatoms. The highest BCUT2D eigenvalue weighted by molar-refractivity contribution is 6.08. The standard InChI is InChI=1S/C18H14N2O2/c21-17-6-2-1-5-16(17)20-15-9-7-13(8-10-15)18(22)14-4-3-11-19-12-14/h1-12,20-21H. The van der Waals surface area contributed by atoms with Crippen LogP contribution in [0.3, 0.4) is 0 Å². The first-order valence-electron chi connectivity index (χ1n) is 6.84. The van der Waals surface area contributed by atoms with E-state index in [0.717, 1.165) is 5.69 Å². The van der Waals surface area contributed by atoms with Gasteiger partial charge in [0.15, 0.2) is 5.78 Å². The van der Waals surface area contributed by atoms with Gasteiger partial charge in [0.1, 0.15) is 5.75 Å². The normalized spacial score (nSPS) is 10.2. The Morgan fingerprint density at radius 2 is 1.68 bits per heavy atom. The number of aromatic hydroxyl groups is 1. The van der Waals surface area contributed by atoms with Gasteiger partial charge in [-0.2, -0.15) is 0 Å². The van der Waals surface area contributed by atoms with Crippen LogP contribution in [0.2, 0.25) is 0 Å². The Labute approximate surface area is 128 Å². The molecular weight excluding hydrogens is 276 g/mol. The molecule has 0 atom stereocenters. The summed E-state index contributed by atoms with van der Waals surface area (Å²) in [5.74, 6) is 0.111. The zero-order valence-corrected chi connectivity index (χ0v) is 11.7. The van der Waals surface area contributed by atoms with E-state index in [1.54, 1.807) is 67.0 Å². The number of carbonyl (C=O) groups is 1. The number of carbonyl (C=O) groups excluding carboxylic acids is 1. The molecular formula is C18H14N2O2. The second-order valence-corrected chi connectivity index (χ2v) is 4.79. The highest BCUT2D eigenvalue weighted by atomic mass is 16.3. The highest BCUT2D eigenvalue weighted by Crippen LogP contribution is 2.26. The molecule has 0 fully saturated rings. The predicted molar refractivity (Wildman–Crippen MR) is 85.5 cm³/mol. The van der Waals surface area contributed by atoms with Crippen molar-refractivity contribution in [3.05, 3.63) is 84.2 Å². The topological polar surface area (TPSA) is 62.2 Å². The number of ketones is 1. The Morgan fingerprint density at radius 1 is 0.909 bits per heavy atom. The van der Waals surface area contributed by atoms with E-state index < -0.39 is 0 Å². The number of phenolic OH excluding ortho intramolecular Hbond substituents is 1. The third-order valence-electron chi connectivity index (χ3n) is 3.25. The maximum Gasteiger partial charge on any atom is 0.194 e.